The summed E-state index contributed by atoms with van der Waals surface area (Å²) in [4.78, 5) is 29.9. The van der Waals surface area contributed by atoms with Gasteiger partial charge in [0.2, 0.25) is 5.91 Å². The van der Waals surface area contributed by atoms with Crippen molar-refractivity contribution in [1.82, 2.24) is 9.55 Å². The van der Waals surface area contributed by atoms with Gasteiger partial charge in [-0.3, -0.25) is 4.79 Å². The number of carbonyl (C=O) groups excluding carboxylic acids is 2. The van der Waals surface area contributed by atoms with Gasteiger partial charge in [-0.2, -0.15) is 0 Å². The first-order valence-electron chi connectivity index (χ1n) is 11.3. The minimum Gasteiger partial charge on any atom is -0.464 e. The standard InChI is InChI=1S/C25H30N4O4/c1-32-16-21(30)28-22-20-14-19(27-18-11-6-12-18)15-26-24(20)29(23(22)25(31)33-2)13-7-10-17-8-4-3-5-9-17/h3-5,8-9,14-15,18,27H,6-7,10-13,16H2,1-2H3,(H,28,30). The molecule has 0 radical (unpaired) electrons. The predicted octanol–water partition coefficient (Wildman–Crippen LogP) is 4.01. The molecular weight excluding hydrogens is 420 g/mol. The average molecular weight is 451 g/mol. The Kier molecular flexibility index (Phi) is 7.24. The van der Waals surface area contributed by atoms with Gasteiger partial charge < -0.3 is 24.7 Å². The highest BCUT2D eigenvalue weighted by atomic mass is 16.5. The van der Waals surface area contributed by atoms with Gasteiger partial charge in [0.05, 0.1) is 24.7 Å². The van der Waals surface area contributed by atoms with Crippen LogP contribution in [0.2, 0.25) is 0 Å². The van der Waals surface area contributed by atoms with E-state index in [1.54, 1.807) is 6.20 Å². The van der Waals surface area contributed by atoms with Gasteiger partial charge in [0.1, 0.15) is 12.3 Å². The number of esters is 1. The highest BCUT2D eigenvalue weighted by Gasteiger charge is 2.26. The summed E-state index contributed by atoms with van der Waals surface area (Å²) in [5.74, 6) is -0.864. The summed E-state index contributed by atoms with van der Waals surface area (Å²) in [6.07, 6.45) is 6.92. The number of rotatable bonds is 10. The molecule has 33 heavy (non-hydrogen) atoms. The number of nitrogens with zero attached hydrogens (tertiary/aromatic N) is 2. The fourth-order valence-corrected chi connectivity index (χ4v) is 4.14. The van der Waals surface area contributed by atoms with Gasteiger partial charge in [0.15, 0.2) is 5.69 Å². The van der Waals surface area contributed by atoms with E-state index in [9.17, 15) is 9.59 Å². The molecule has 2 N–H and O–H groups in total. The topological polar surface area (TPSA) is 94.5 Å². The number of amides is 1. The molecular formula is C25H30N4O4. The number of hydrogen-bond acceptors (Lipinski definition) is 6. The van der Waals surface area contributed by atoms with E-state index in [0.717, 1.165) is 31.4 Å². The summed E-state index contributed by atoms with van der Waals surface area (Å²) >= 11 is 0. The molecule has 0 atom stereocenters. The van der Waals surface area contributed by atoms with Gasteiger partial charge >= 0.3 is 5.97 Å². The van der Waals surface area contributed by atoms with Crippen LogP contribution in [0.3, 0.4) is 0 Å². The molecule has 174 valence electrons. The minimum atomic E-state index is -0.520. The number of nitrogens with one attached hydrogen (secondary N) is 2. The zero-order valence-corrected chi connectivity index (χ0v) is 19.1. The third-order valence-corrected chi connectivity index (χ3v) is 5.98. The van der Waals surface area contributed by atoms with E-state index in [1.165, 1.54) is 26.2 Å². The molecule has 0 spiro atoms. The Labute approximate surface area is 193 Å². The van der Waals surface area contributed by atoms with Crippen LogP contribution < -0.4 is 10.6 Å². The van der Waals surface area contributed by atoms with Gasteiger partial charge in [0.25, 0.3) is 0 Å². The highest BCUT2D eigenvalue weighted by molar-refractivity contribution is 6.11. The zero-order valence-electron chi connectivity index (χ0n) is 19.1. The number of ether oxygens (including phenoxy) is 2. The first kappa shape index (κ1) is 22.8. The van der Waals surface area contributed by atoms with Crippen molar-refractivity contribution in [2.45, 2.75) is 44.7 Å². The van der Waals surface area contributed by atoms with Gasteiger partial charge in [0, 0.05) is 25.1 Å². The quantitative estimate of drug-likeness (QED) is 0.454. The number of carbonyl (C=O) groups is 2. The molecule has 1 saturated carbocycles. The van der Waals surface area contributed by atoms with Crippen LogP contribution in [-0.2, 0) is 27.2 Å². The average Bonchev–Trinajstić information content (AvgIpc) is 3.09. The fraction of sp³-hybridized carbons (Fsp3) is 0.400. The SMILES string of the molecule is COCC(=O)Nc1c(C(=O)OC)n(CCCc2ccccc2)c2ncc(NC3CCC3)cc12. The van der Waals surface area contributed by atoms with Crippen molar-refractivity contribution < 1.29 is 19.1 Å². The molecule has 0 aliphatic heterocycles. The normalized spacial score (nSPS) is 13.5. The predicted molar refractivity (Wildman–Crippen MR) is 128 cm³/mol. The van der Waals surface area contributed by atoms with Crippen molar-refractivity contribution in [2.75, 3.05) is 31.5 Å². The molecule has 2 aromatic heterocycles. The van der Waals surface area contributed by atoms with Crippen LogP contribution in [0.25, 0.3) is 11.0 Å². The Morgan fingerprint density at radius 2 is 1.97 bits per heavy atom. The van der Waals surface area contributed by atoms with E-state index in [2.05, 4.69) is 27.8 Å². The molecule has 8 heteroatoms. The Morgan fingerprint density at radius 3 is 2.64 bits per heavy atom. The summed E-state index contributed by atoms with van der Waals surface area (Å²) in [6.45, 7) is 0.438. The number of aryl methyl sites for hydroxylation is 2. The molecule has 1 amide bonds. The lowest BCUT2D eigenvalue weighted by Crippen LogP contribution is -2.26. The number of aromatic nitrogens is 2. The Hall–Kier alpha value is -3.39. The minimum absolute atomic E-state index is 0.116. The summed E-state index contributed by atoms with van der Waals surface area (Å²) in [6, 6.07) is 12.6. The van der Waals surface area contributed by atoms with Crippen molar-refractivity contribution in [3.05, 3.63) is 53.9 Å². The van der Waals surface area contributed by atoms with Crippen LogP contribution >= 0.6 is 0 Å². The summed E-state index contributed by atoms with van der Waals surface area (Å²) in [5, 5.41) is 7.04. The van der Waals surface area contributed by atoms with E-state index in [-0.39, 0.29) is 12.5 Å². The highest BCUT2D eigenvalue weighted by Crippen LogP contribution is 2.34. The number of hydrogen-bond donors (Lipinski definition) is 2. The summed E-state index contributed by atoms with van der Waals surface area (Å²) < 4.78 is 11.9. The zero-order chi connectivity index (χ0) is 23.2. The van der Waals surface area contributed by atoms with Crippen LogP contribution in [0.4, 0.5) is 11.4 Å². The van der Waals surface area contributed by atoms with Gasteiger partial charge in [-0.05, 0) is 43.7 Å². The molecule has 1 aromatic carbocycles. The molecule has 0 bridgehead atoms. The Bertz CT molecular complexity index is 1120. The lowest BCUT2D eigenvalue weighted by molar-refractivity contribution is -0.119. The first-order valence-corrected chi connectivity index (χ1v) is 11.3. The van der Waals surface area contributed by atoms with Crippen molar-refractivity contribution in [1.29, 1.82) is 0 Å². The smallest absolute Gasteiger partial charge is 0.356 e. The molecule has 1 fully saturated rings. The van der Waals surface area contributed by atoms with E-state index >= 15 is 0 Å². The van der Waals surface area contributed by atoms with Crippen LogP contribution in [0.1, 0.15) is 41.7 Å². The molecule has 1 aliphatic rings. The van der Waals surface area contributed by atoms with Gasteiger partial charge in [-0.25, -0.2) is 9.78 Å². The molecule has 4 rings (SSSR count). The number of pyridine rings is 1. The van der Waals surface area contributed by atoms with Crippen LogP contribution in [0.5, 0.6) is 0 Å². The van der Waals surface area contributed by atoms with E-state index in [1.807, 2.05) is 28.8 Å². The van der Waals surface area contributed by atoms with Gasteiger partial charge in [-0.15, -0.1) is 0 Å². The fourth-order valence-electron chi connectivity index (χ4n) is 4.14. The van der Waals surface area contributed by atoms with Gasteiger partial charge in [-0.1, -0.05) is 30.3 Å². The second-order valence-electron chi connectivity index (χ2n) is 8.30. The Balaban J connectivity index is 1.72. The lowest BCUT2D eigenvalue weighted by Gasteiger charge is -2.27. The van der Waals surface area contributed by atoms with Crippen molar-refractivity contribution in [2.24, 2.45) is 0 Å². The molecule has 3 aromatic rings. The monoisotopic (exact) mass is 450 g/mol. The van der Waals surface area contributed by atoms with Crippen molar-refractivity contribution in [3.63, 3.8) is 0 Å². The summed E-state index contributed by atoms with van der Waals surface area (Å²) in [5.41, 5.74) is 3.42. The summed E-state index contributed by atoms with van der Waals surface area (Å²) in [7, 11) is 2.79. The maximum absolute atomic E-state index is 12.8. The second-order valence-corrected chi connectivity index (χ2v) is 8.30. The number of benzene rings is 1. The molecule has 8 nitrogen and oxygen atoms in total. The third kappa shape index (κ3) is 5.17. The molecule has 0 unspecified atom stereocenters. The largest absolute Gasteiger partial charge is 0.464 e. The van der Waals surface area contributed by atoms with E-state index in [0.29, 0.717) is 35.0 Å². The molecule has 1 aliphatic carbocycles. The van der Waals surface area contributed by atoms with Crippen LogP contribution in [0.15, 0.2) is 42.6 Å². The number of fused-ring (bicyclic) bond motifs is 1. The van der Waals surface area contributed by atoms with Crippen molar-refractivity contribution >= 4 is 34.3 Å². The molecule has 0 saturated heterocycles. The lowest BCUT2D eigenvalue weighted by atomic mass is 9.93. The van der Waals surface area contributed by atoms with E-state index < -0.39 is 5.97 Å². The van der Waals surface area contributed by atoms with Crippen LogP contribution in [0, 0.1) is 0 Å². The third-order valence-electron chi connectivity index (χ3n) is 5.98. The number of anilines is 2. The van der Waals surface area contributed by atoms with Crippen molar-refractivity contribution in [3.8, 4) is 0 Å². The maximum Gasteiger partial charge on any atom is 0.356 e. The molecule has 2 heterocycles. The second kappa shape index (κ2) is 10.5. The first-order chi connectivity index (χ1) is 16.1. The maximum atomic E-state index is 12.8. The van der Waals surface area contributed by atoms with E-state index in [4.69, 9.17) is 9.47 Å². The number of methoxy groups -OCH3 is 2. The van der Waals surface area contributed by atoms with Crippen LogP contribution in [-0.4, -0.2) is 48.3 Å². The Morgan fingerprint density at radius 1 is 1.18 bits per heavy atom.